The normalized spacial score (nSPS) is 15.0. The summed E-state index contributed by atoms with van der Waals surface area (Å²) in [6, 6.07) is 13.8. The third kappa shape index (κ3) is 4.43. The molecular formula is C25H28N2O4S2. The van der Waals surface area contributed by atoms with Crippen molar-refractivity contribution in [3.05, 3.63) is 69.4 Å². The van der Waals surface area contributed by atoms with Crippen LogP contribution in [-0.4, -0.2) is 52.0 Å². The van der Waals surface area contributed by atoms with E-state index in [1.54, 1.807) is 5.38 Å². The van der Waals surface area contributed by atoms with E-state index in [2.05, 4.69) is 30.9 Å². The predicted molar refractivity (Wildman–Crippen MR) is 133 cm³/mol. The Morgan fingerprint density at radius 2 is 1.64 bits per heavy atom. The van der Waals surface area contributed by atoms with Gasteiger partial charge >= 0.3 is 5.97 Å². The van der Waals surface area contributed by atoms with Gasteiger partial charge in [0, 0.05) is 42.8 Å². The van der Waals surface area contributed by atoms with Gasteiger partial charge in [-0.25, -0.2) is 13.2 Å². The van der Waals surface area contributed by atoms with Gasteiger partial charge in [-0.2, -0.15) is 4.31 Å². The first-order chi connectivity index (χ1) is 15.7. The van der Waals surface area contributed by atoms with E-state index >= 15 is 0 Å². The minimum Gasteiger partial charge on any atom is -0.465 e. The molecule has 1 aliphatic heterocycles. The van der Waals surface area contributed by atoms with Gasteiger partial charge < -0.3 is 9.64 Å². The number of thiophene rings is 1. The molecule has 8 heteroatoms. The van der Waals surface area contributed by atoms with Gasteiger partial charge in [-0.05, 0) is 43.5 Å². The van der Waals surface area contributed by atoms with Crippen LogP contribution in [0.25, 0.3) is 11.1 Å². The number of benzene rings is 2. The average molecular weight is 485 g/mol. The number of carbonyl (C=O) groups excluding carboxylic acids is 1. The van der Waals surface area contributed by atoms with E-state index in [9.17, 15) is 13.2 Å². The molecule has 0 atom stereocenters. The summed E-state index contributed by atoms with van der Waals surface area (Å²) in [5, 5.41) is 1.73. The highest BCUT2D eigenvalue weighted by Gasteiger charge is 2.36. The number of anilines is 1. The van der Waals surface area contributed by atoms with Crippen molar-refractivity contribution in [1.29, 1.82) is 0 Å². The van der Waals surface area contributed by atoms with Crippen LogP contribution in [0.1, 0.15) is 26.4 Å². The zero-order valence-electron chi connectivity index (χ0n) is 19.3. The molecule has 6 nitrogen and oxygen atoms in total. The summed E-state index contributed by atoms with van der Waals surface area (Å²) >= 11 is 1.11. The maximum absolute atomic E-state index is 13.8. The Kier molecular flexibility index (Phi) is 6.61. The van der Waals surface area contributed by atoms with E-state index in [1.165, 1.54) is 22.5 Å². The quantitative estimate of drug-likeness (QED) is 0.494. The number of methoxy groups -OCH3 is 1. The van der Waals surface area contributed by atoms with Crippen molar-refractivity contribution in [2.75, 3.05) is 38.2 Å². The second-order valence-corrected chi connectivity index (χ2v) is 11.0. The minimum atomic E-state index is -3.90. The van der Waals surface area contributed by atoms with Gasteiger partial charge in [0.25, 0.3) is 0 Å². The molecule has 2 heterocycles. The molecule has 1 aliphatic rings. The number of aryl methyl sites for hydroxylation is 2. The van der Waals surface area contributed by atoms with E-state index in [4.69, 9.17) is 4.74 Å². The molecule has 0 N–H and O–H groups in total. The van der Waals surface area contributed by atoms with Gasteiger partial charge in [-0.15, -0.1) is 11.3 Å². The van der Waals surface area contributed by atoms with Crippen LogP contribution in [-0.2, 0) is 14.8 Å². The summed E-state index contributed by atoms with van der Waals surface area (Å²) in [5.74, 6) is -0.633. The first-order valence-corrected chi connectivity index (χ1v) is 13.1. The summed E-state index contributed by atoms with van der Waals surface area (Å²) in [4.78, 5) is 14.9. The lowest BCUT2D eigenvalue weighted by atomic mass is 10.1. The Labute approximate surface area is 199 Å². The average Bonchev–Trinajstić information content (AvgIpc) is 3.27. The van der Waals surface area contributed by atoms with Crippen molar-refractivity contribution in [3.63, 3.8) is 0 Å². The van der Waals surface area contributed by atoms with Gasteiger partial charge in [0.1, 0.15) is 9.77 Å². The Bertz CT molecular complexity index is 1270. The summed E-state index contributed by atoms with van der Waals surface area (Å²) in [7, 11) is -2.63. The van der Waals surface area contributed by atoms with Crippen molar-refractivity contribution in [2.45, 2.75) is 25.7 Å². The molecular weight excluding hydrogens is 456 g/mol. The molecule has 0 aliphatic carbocycles. The highest BCUT2D eigenvalue weighted by atomic mass is 32.2. The molecule has 0 unspecified atom stereocenters. The van der Waals surface area contributed by atoms with Crippen LogP contribution < -0.4 is 4.90 Å². The molecule has 2 aromatic carbocycles. The van der Waals surface area contributed by atoms with Crippen LogP contribution in [0, 0.1) is 20.8 Å². The van der Waals surface area contributed by atoms with Crippen LogP contribution in [0.4, 0.5) is 5.69 Å². The fourth-order valence-corrected chi connectivity index (χ4v) is 7.24. The van der Waals surface area contributed by atoms with Crippen molar-refractivity contribution in [3.8, 4) is 11.1 Å². The second kappa shape index (κ2) is 9.29. The molecule has 1 saturated heterocycles. The molecule has 0 saturated carbocycles. The highest BCUT2D eigenvalue weighted by molar-refractivity contribution is 7.89. The third-order valence-corrected chi connectivity index (χ3v) is 9.31. The van der Waals surface area contributed by atoms with Crippen LogP contribution in [0.15, 0.2) is 52.7 Å². The molecule has 0 amide bonds. The van der Waals surface area contributed by atoms with Gasteiger partial charge in [0.05, 0.1) is 7.11 Å². The monoisotopic (exact) mass is 484 g/mol. The number of esters is 1. The standard InChI is InChI=1S/C25H28N2O4S2/c1-17-8-10-20(11-9-17)21-16-32-23(25(28)31-4)24(21)33(29,30)27-14-12-26(13-15-27)22-7-5-6-18(2)19(22)3/h5-11,16H,12-15H2,1-4H3. The number of sulfonamides is 1. The van der Waals surface area contributed by atoms with Crippen molar-refractivity contribution in [1.82, 2.24) is 4.31 Å². The molecule has 0 spiro atoms. The lowest BCUT2D eigenvalue weighted by Crippen LogP contribution is -2.49. The van der Waals surface area contributed by atoms with Crippen LogP contribution in [0.5, 0.6) is 0 Å². The summed E-state index contributed by atoms with van der Waals surface area (Å²) in [6.45, 7) is 8.01. The topological polar surface area (TPSA) is 66.9 Å². The first-order valence-electron chi connectivity index (χ1n) is 10.8. The number of piperazine rings is 1. The largest absolute Gasteiger partial charge is 0.465 e. The molecule has 174 valence electrons. The molecule has 0 radical (unpaired) electrons. The molecule has 4 rings (SSSR count). The van der Waals surface area contributed by atoms with Crippen molar-refractivity contribution >= 4 is 33.0 Å². The number of hydrogen-bond acceptors (Lipinski definition) is 6. The Balaban J connectivity index is 1.67. The Hall–Kier alpha value is -2.68. The van der Waals surface area contributed by atoms with Gasteiger partial charge in [-0.3, -0.25) is 0 Å². The Morgan fingerprint density at radius 1 is 0.970 bits per heavy atom. The minimum absolute atomic E-state index is 0.0448. The molecule has 0 bridgehead atoms. The summed E-state index contributed by atoms with van der Waals surface area (Å²) in [5.41, 5.74) is 5.94. The van der Waals surface area contributed by atoms with E-state index in [-0.39, 0.29) is 9.77 Å². The SMILES string of the molecule is COC(=O)c1scc(-c2ccc(C)cc2)c1S(=O)(=O)N1CCN(c2cccc(C)c2C)CC1. The molecule has 33 heavy (non-hydrogen) atoms. The zero-order valence-corrected chi connectivity index (χ0v) is 20.9. The smallest absolute Gasteiger partial charge is 0.349 e. The van der Waals surface area contributed by atoms with Gasteiger partial charge in [-0.1, -0.05) is 42.0 Å². The highest BCUT2D eigenvalue weighted by Crippen LogP contribution is 2.38. The van der Waals surface area contributed by atoms with Crippen LogP contribution >= 0.6 is 11.3 Å². The predicted octanol–water partition coefficient (Wildman–Crippen LogP) is 4.64. The lowest BCUT2D eigenvalue weighted by molar-refractivity contribution is 0.0602. The fraction of sp³-hybridized carbons (Fsp3) is 0.320. The second-order valence-electron chi connectivity index (χ2n) is 8.28. The van der Waals surface area contributed by atoms with Crippen LogP contribution in [0.3, 0.4) is 0 Å². The number of ether oxygens (including phenoxy) is 1. The maximum atomic E-state index is 13.8. The molecule has 1 aromatic heterocycles. The van der Waals surface area contributed by atoms with E-state index in [0.717, 1.165) is 28.2 Å². The maximum Gasteiger partial charge on any atom is 0.349 e. The van der Waals surface area contributed by atoms with Gasteiger partial charge in [0.15, 0.2) is 0 Å². The Morgan fingerprint density at radius 3 is 2.27 bits per heavy atom. The number of rotatable bonds is 5. The van der Waals surface area contributed by atoms with E-state index < -0.39 is 16.0 Å². The number of hydrogen-bond donors (Lipinski definition) is 0. The molecule has 3 aromatic rings. The fourth-order valence-electron chi connectivity index (χ4n) is 4.15. The lowest BCUT2D eigenvalue weighted by Gasteiger charge is -2.36. The van der Waals surface area contributed by atoms with Crippen LogP contribution in [0.2, 0.25) is 0 Å². The van der Waals surface area contributed by atoms with Gasteiger partial charge in [0.2, 0.25) is 10.0 Å². The first kappa shape index (κ1) is 23.5. The molecule has 1 fully saturated rings. The summed E-state index contributed by atoms with van der Waals surface area (Å²) < 4.78 is 34.0. The van der Waals surface area contributed by atoms with E-state index in [0.29, 0.717) is 31.7 Å². The zero-order chi connectivity index (χ0) is 23.8. The van der Waals surface area contributed by atoms with Crippen molar-refractivity contribution < 1.29 is 17.9 Å². The van der Waals surface area contributed by atoms with E-state index in [1.807, 2.05) is 37.3 Å². The summed E-state index contributed by atoms with van der Waals surface area (Å²) in [6.07, 6.45) is 0. The number of carbonyl (C=O) groups is 1. The number of nitrogens with zero attached hydrogens (tertiary/aromatic N) is 2. The van der Waals surface area contributed by atoms with Crippen molar-refractivity contribution in [2.24, 2.45) is 0 Å². The third-order valence-electron chi connectivity index (χ3n) is 6.23.